The Morgan fingerprint density at radius 2 is 2.26 bits per heavy atom. The van der Waals surface area contributed by atoms with Gasteiger partial charge >= 0.3 is 0 Å². The number of rotatable bonds is 3. The quantitative estimate of drug-likeness (QED) is 0.852. The Hall–Kier alpha value is -0.740. The predicted octanol–water partition coefficient (Wildman–Crippen LogP) is 3.24. The second kappa shape index (κ2) is 5.71. The van der Waals surface area contributed by atoms with E-state index >= 15 is 0 Å². The van der Waals surface area contributed by atoms with Gasteiger partial charge in [-0.1, -0.05) is 20.8 Å². The van der Waals surface area contributed by atoms with E-state index in [0.717, 1.165) is 32.5 Å². The van der Waals surface area contributed by atoms with Crippen LogP contribution in [0.4, 0.5) is 0 Å². The van der Waals surface area contributed by atoms with Crippen molar-refractivity contribution in [2.45, 2.75) is 52.5 Å². The van der Waals surface area contributed by atoms with Crippen molar-refractivity contribution in [1.29, 1.82) is 0 Å². The summed E-state index contributed by atoms with van der Waals surface area (Å²) in [6.45, 7) is 11.2. The molecule has 0 N–H and O–H groups in total. The molecule has 0 amide bonds. The number of thiazole rings is 1. The first-order valence-electron chi connectivity index (χ1n) is 7.04. The smallest absolute Gasteiger partial charge is 0.134 e. The van der Waals surface area contributed by atoms with Gasteiger partial charge in [0.15, 0.2) is 0 Å². The fourth-order valence-corrected chi connectivity index (χ4v) is 3.51. The van der Waals surface area contributed by atoms with Gasteiger partial charge in [-0.2, -0.15) is 0 Å². The van der Waals surface area contributed by atoms with Gasteiger partial charge in [-0.15, -0.1) is 11.3 Å². The molecule has 3 nitrogen and oxygen atoms in total. The summed E-state index contributed by atoms with van der Waals surface area (Å²) in [7, 11) is 0. The van der Waals surface area contributed by atoms with Crippen LogP contribution in [-0.4, -0.2) is 28.8 Å². The van der Waals surface area contributed by atoms with Crippen LogP contribution >= 0.6 is 11.3 Å². The van der Waals surface area contributed by atoms with Crippen molar-refractivity contribution >= 4 is 17.1 Å². The molecule has 1 aromatic heterocycles. The number of nitrogens with zero attached hydrogens (tertiary/aromatic N) is 2. The van der Waals surface area contributed by atoms with Gasteiger partial charge in [-0.25, -0.2) is 4.98 Å². The topological polar surface area (TPSA) is 33.2 Å². The van der Waals surface area contributed by atoms with Crippen molar-refractivity contribution in [2.75, 3.05) is 13.1 Å². The molecule has 1 saturated heterocycles. The molecule has 0 aliphatic carbocycles. The lowest BCUT2D eigenvalue weighted by atomic mass is 9.93. The Bertz CT molecular complexity index is 447. The molecule has 1 unspecified atom stereocenters. The molecular weight excluding hydrogens is 256 g/mol. The van der Waals surface area contributed by atoms with Gasteiger partial charge in [-0.05, 0) is 26.3 Å². The third-order valence-corrected chi connectivity index (χ3v) is 4.59. The summed E-state index contributed by atoms with van der Waals surface area (Å²) in [6.07, 6.45) is 2.18. The SMILES string of the molecule is CC(=O)C1CCCN(Cc2nc(C(C)(C)C)cs2)C1. The van der Waals surface area contributed by atoms with Gasteiger partial charge in [0.25, 0.3) is 0 Å². The summed E-state index contributed by atoms with van der Waals surface area (Å²) >= 11 is 1.74. The van der Waals surface area contributed by atoms with E-state index < -0.39 is 0 Å². The van der Waals surface area contributed by atoms with E-state index in [1.54, 1.807) is 18.3 Å². The minimum atomic E-state index is 0.124. The third-order valence-electron chi connectivity index (χ3n) is 3.76. The van der Waals surface area contributed by atoms with E-state index in [9.17, 15) is 4.79 Å². The zero-order valence-corrected chi connectivity index (χ0v) is 13.2. The molecule has 0 aromatic carbocycles. The Morgan fingerprint density at radius 3 is 2.84 bits per heavy atom. The molecule has 0 spiro atoms. The number of likely N-dealkylation sites (tertiary alicyclic amines) is 1. The minimum Gasteiger partial charge on any atom is -0.300 e. The molecule has 1 atom stereocenters. The van der Waals surface area contributed by atoms with Crippen LogP contribution in [0.25, 0.3) is 0 Å². The van der Waals surface area contributed by atoms with Crippen LogP contribution in [-0.2, 0) is 16.8 Å². The maximum absolute atomic E-state index is 11.5. The molecule has 0 radical (unpaired) electrons. The van der Waals surface area contributed by atoms with Crippen LogP contribution in [0.1, 0.15) is 51.2 Å². The van der Waals surface area contributed by atoms with Crippen molar-refractivity contribution in [1.82, 2.24) is 9.88 Å². The van der Waals surface area contributed by atoms with Crippen molar-refractivity contribution in [3.05, 3.63) is 16.1 Å². The molecule has 0 bridgehead atoms. The van der Waals surface area contributed by atoms with Crippen molar-refractivity contribution in [2.24, 2.45) is 5.92 Å². The summed E-state index contributed by atoms with van der Waals surface area (Å²) in [6, 6.07) is 0. The highest BCUT2D eigenvalue weighted by molar-refractivity contribution is 7.09. The summed E-state index contributed by atoms with van der Waals surface area (Å²) in [5, 5.41) is 3.34. The standard InChI is InChI=1S/C15H24N2OS/c1-11(18)12-6-5-7-17(8-12)9-14-16-13(10-19-14)15(2,3)4/h10,12H,5-9H2,1-4H3. The monoisotopic (exact) mass is 280 g/mol. The molecule has 2 heterocycles. The summed E-state index contributed by atoms with van der Waals surface area (Å²) < 4.78 is 0. The van der Waals surface area contributed by atoms with Gasteiger partial charge in [0, 0.05) is 23.3 Å². The van der Waals surface area contributed by atoms with E-state index in [1.165, 1.54) is 10.7 Å². The van der Waals surface area contributed by atoms with Gasteiger partial charge in [-0.3, -0.25) is 9.69 Å². The largest absolute Gasteiger partial charge is 0.300 e. The highest BCUT2D eigenvalue weighted by Crippen LogP contribution is 2.26. The lowest BCUT2D eigenvalue weighted by molar-refractivity contribution is -0.122. The molecule has 106 valence electrons. The molecule has 1 aliphatic heterocycles. The van der Waals surface area contributed by atoms with Crippen LogP contribution in [0, 0.1) is 5.92 Å². The highest BCUT2D eigenvalue weighted by atomic mass is 32.1. The molecule has 1 aromatic rings. The first-order valence-corrected chi connectivity index (χ1v) is 7.92. The predicted molar refractivity (Wildman–Crippen MR) is 79.5 cm³/mol. The Kier molecular flexibility index (Phi) is 4.41. The van der Waals surface area contributed by atoms with E-state index in [2.05, 4.69) is 31.1 Å². The van der Waals surface area contributed by atoms with Gasteiger partial charge in [0.1, 0.15) is 10.8 Å². The molecule has 2 rings (SSSR count). The maximum atomic E-state index is 11.5. The molecule has 1 fully saturated rings. The zero-order valence-electron chi connectivity index (χ0n) is 12.4. The van der Waals surface area contributed by atoms with Crippen LogP contribution in [0.15, 0.2) is 5.38 Å². The van der Waals surface area contributed by atoms with E-state index in [1.807, 2.05) is 0 Å². The van der Waals surface area contributed by atoms with Crippen LogP contribution in [0.5, 0.6) is 0 Å². The number of carbonyl (C=O) groups excluding carboxylic acids is 1. The summed E-state index contributed by atoms with van der Waals surface area (Å²) in [5.41, 5.74) is 1.30. The lowest BCUT2D eigenvalue weighted by Gasteiger charge is -2.30. The highest BCUT2D eigenvalue weighted by Gasteiger charge is 2.24. The average Bonchev–Trinajstić information content (AvgIpc) is 2.77. The first-order chi connectivity index (χ1) is 8.86. The Balaban J connectivity index is 1.97. The number of ketones is 1. The van der Waals surface area contributed by atoms with E-state index in [4.69, 9.17) is 4.98 Å². The fourth-order valence-electron chi connectivity index (χ4n) is 2.45. The maximum Gasteiger partial charge on any atom is 0.134 e. The van der Waals surface area contributed by atoms with Crippen LogP contribution in [0.2, 0.25) is 0 Å². The lowest BCUT2D eigenvalue weighted by Crippen LogP contribution is -2.37. The molecule has 0 saturated carbocycles. The number of aromatic nitrogens is 1. The fraction of sp³-hybridized carbons (Fsp3) is 0.733. The van der Waals surface area contributed by atoms with Crippen LogP contribution in [0.3, 0.4) is 0 Å². The number of hydrogen-bond donors (Lipinski definition) is 0. The average molecular weight is 280 g/mol. The first kappa shape index (κ1) is 14.7. The van der Waals surface area contributed by atoms with Crippen molar-refractivity contribution in [3.63, 3.8) is 0 Å². The third kappa shape index (κ3) is 3.86. The molecule has 1 aliphatic rings. The molecule has 4 heteroatoms. The van der Waals surface area contributed by atoms with E-state index in [0.29, 0.717) is 5.78 Å². The summed E-state index contributed by atoms with van der Waals surface area (Å²) in [5.74, 6) is 0.565. The van der Waals surface area contributed by atoms with Gasteiger partial charge in [0.2, 0.25) is 0 Å². The number of hydrogen-bond acceptors (Lipinski definition) is 4. The zero-order chi connectivity index (χ0) is 14.0. The van der Waals surface area contributed by atoms with Crippen molar-refractivity contribution in [3.8, 4) is 0 Å². The molecular formula is C15H24N2OS. The van der Waals surface area contributed by atoms with Gasteiger partial charge in [0.05, 0.1) is 12.2 Å². The Morgan fingerprint density at radius 1 is 1.53 bits per heavy atom. The van der Waals surface area contributed by atoms with Crippen molar-refractivity contribution < 1.29 is 4.79 Å². The normalized spacial score (nSPS) is 21.6. The molecule has 19 heavy (non-hydrogen) atoms. The van der Waals surface area contributed by atoms with Crippen LogP contribution < -0.4 is 0 Å². The Labute approximate surface area is 120 Å². The number of carbonyl (C=O) groups is 1. The minimum absolute atomic E-state index is 0.124. The van der Waals surface area contributed by atoms with E-state index in [-0.39, 0.29) is 11.3 Å². The summed E-state index contributed by atoms with van der Waals surface area (Å²) in [4.78, 5) is 18.6. The second-order valence-electron chi connectivity index (χ2n) is 6.56. The number of Topliss-reactive ketones (excluding diaryl/α,β-unsaturated/α-hetero) is 1. The van der Waals surface area contributed by atoms with Gasteiger partial charge < -0.3 is 0 Å². The second-order valence-corrected chi connectivity index (χ2v) is 7.50. The number of piperidine rings is 1.